The normalized spacial score (nSPS) is 9.40. The summed E-state index contributed by atoms with van der Waals surface area (Å²) in [5.74, 6) is -0.232. The van der Waals surface area contributed by atoms with E-state index in [0.717, 1.165) is 0 Å². The molecule has 0 unspecified atom stereocenters. The maximum absolute atomic E-state index is 12.7. The van der Waals surface area contributed by atoms with Crippen LogP contribution in [-0.2, 0) is 0 Å². The molecule has 0 N–H and O–H groups in total. The number of halogens is 1. The van der Waals surface area contributed by atoms with Gasteiger partial charge < -0.3 is 0 Å². The monoisotopic (exact) mass is 137 g/mol. The summed E-state index contributed by atoms with van der Waals surface area (Å²) in [6.45, 7) is 5.18. The molecule has 1 aromatic heterocycles. The molecular formula is C8H8FN. The van der Waals surface area contributed by atoms with E-state index in [1.54, 1.807) is 13.0 Å². The van der Waals surface area contributed by atoms with Crippen LogP contribution in [0.2, 0.25) is 0 Å². The van der Waals surface area contributed by atoms with Crippen molar-refractivity contribution in [2.75, 3.05) is 0 Å². The highest BCUT2D eigenvalue weighted by Gasteiger charge is 1.99. The Morgan fingerprint density at radius 2 is 2.40 bits per heavy atom. The molecule has 0 saturated carbocycles. The summed E-state index contributed by atoms with van der Waals surface area (Å²) in [6, 6.07) is 1.34. The highest BCUT2D eigenvalue weighted by molar-refractivity contribution is 5.46. The van der Waals surface area contributed by atoms with Crippen molar-refractivity contribution in [2.45, 2.75) is 6.92 Å². The van der Waals surface area contributed by atoms with Gasteiger partial charge in [-0.15, -0.1) is 0 Å². The molecule has 0 aliphatic rings. The van der Waals surface area contributed by atoms with Gasteiger partial charge in [0.25, 0.3) is 0 Å². The van der Waals surface area contributed by atoms with E-state index in [9.17, 15) is 4.39 Å². The van der Waals surface area contributed by atoms with Gasteiger partial charge in [0, 0.05) is 11.8 Å². The fourth-order valence-corrected chi connectivity index (χ4v) is 0.733. The van der Waals surface area contributed by atoms with Crippen molar-refractivity contribution < 1.29 is 4.39 Å². The van der Waals surface area contributed by atoms with E-state index in [4.69, 9.17) is 0 Å². The molecule has 0 aliphatic carbocycles. The summed E-state index contributed by atoms with van der Waals surface area (Å²) in [5, 5.41) is 0. The van der Waals surface area contributed by atoms with Crippen LogP contribution in [-0.4, -0.2) is 4.98 Å². The van der Waals surface area contributed by atoms with Crippen LogP contribution in [0.4, 0.5) is 4.39 Å². The molecule has 0 amide bonds. The summed E-state index contributed by atoms with van der Waals surface area (Å²) in [6.07, 6.45) is 2.97. The fourth-order valence-electron chi connectivity index (χ4n) is 0.733. The molecule has 0 fully saturated rings. The van der Waals surface area contributed by atoms with Crippen LogP contribution in [0.15, 0.2) is 18.8 Å². The van der Waals surface area contributed by atoms with E-state index in [-0.39, 0.29) is 5.82 Å². The molecule has 2 heteroatoms. The minimum atomic E-state index is -0.232. The lowest BCUT2D eigenvalue weighted by Gasteiger charge is -1.97. The van der Waals surface area contributed by atoms with E-state index in [2.05, 4.69) is 11.6 Å². The highest BCUT2D eigenvalue weighted by Crippen LogP contribution is 2.08. The summed E-state index contributed by atoms with van der Waals surface area (Å²) < 4.78 is 12.7. The molecule has 0 atom stereocenters. The molecule has 1 aromatic rings. The standard InChI is InChI=1S/C8H8FN/c1-3-8-6(2)7(9)4-5-10-8/h3-5H,1H2,2H3. The third-order valence-electron chi connectivity index (χ3n) is 1.37. The molecular weight excluding hydrogens is 129 g/mol. The molecule has 0 aliphatic heterocycles. The molecule has 0 saturated heterocycles. The molecule has 0 aromatic carbocycles. The molecule has 1 heterocycles. The SMILES string of the molecule is C=Cc1nccc(F)c1C. The van der Waals surface area contributed by atoms with E-state index in [1.807, 2.05) is 0 Å². The van der Waals surface area contributed by atoms with Crippen molar-refractivity contribution in [3.8, 4) is 0 Å². The van der Waals surface area contributed by atoms with Gasteiger partial charge in [0.05, 0.1) is 5.69 Å². The molecule has 1 nitrogen and oxygen atoms in total. The van der Waals surface area contributed by atoms with Crippen LogP contribution in [0.5, 0.6) is 0 Å². The van der Waals surface area contributed by atoms with Gasteiger partial charge in [-0.1, -0.05) is 6.58 Å². The van der Waals surface area contributed by atoms with Gasteiger partial charge >= 0.3 is 0 Å². The molecule has 0 bridgehead atoms. The van der Waals surface area contributed by atoms with Crippen molar-refractivity contribution in [3.63, 3.8) is 0 Å². The average Bonchev–Trinajstić information content (AvgIpc) is 1.95. The second-order valence-corrected chi connectivity index (χ2v) is 2.01. The molecule has 1 rings (SSSR count). The molecule has 0 spiro atoms. The summed E-state index contributed by atoms with van der Waals surface area (Å²) >= 11 is 0. The Kier molecular flexibility index (Phi) is 1.81. The van der Waals surface area contributed by atoms with E-state index in [1.165, 1.54) is 12.3 Å². The van der Waals surface area contributed by atoms with Crippen LogP contribution < -0.4 is 0 Å². The van der Waals surface area contributed by atoms with Gasteiger partial charge in [0.2, 0.25) is 0 Å². The fraction of sp³-hybridized carbons (Fsp3) is 0.125. The first-order valence-electron chi connectivity index (χ1n) is 2.99. The minimum Gasteiger partial charge on any atom is -0.256 e. The second-order valence-electron chi connectivity index (χ2n) is 2.01. The number of nitrogens with zero attached hydrogens (tertiary/aromatic N) is 1. The summed E-state index contributed by atoms with van der Waals surface area (Å²) in [7, 11) is 0. The van der Waals surface area contributed by atoms with Gasteiger partial charge in [0.15, 0.2) is 0 Å². The molecule has 10 heavy (non-hydrogen) atoms. The molecule has 0 radical (unpaired) electrons. The number of hydrogen-bond donors (Lipinski definition) is 0. The predicted octanol–water partition coefficient (Wildman–Crippen LogP) is 2.17. The van der Waals surface area contributed by atoms with Crippen LogP contribution in [0.3, 0.4) is 0 Å². The topological polar surface area (TPSA) is 12.9 Å². The molecule has 52 valence electrons. The third kappa shape index (κ3) is 1.05. The zero-order chi connectivity index (χ0) is 7.56. The van der Waals surface area contributed by atoms with Crippen LogP contribution in [0.1, 0.15) is 11.3 Å². The van der Waals surface area contributed by atoms with Gasteiger partial charge in [-0.3, -0.25) is 4.98 Å². The van der Waals surface area contributed by atoms with Crippen molar-refractivity contribution in [3.05, 3.63) is 35.9 Å². The van der Waals surface area contributed by atoms with Crippen molar-refractivity contribution in [2.24, 2.45) is 0 Å². The van der Waals surface area contributed by atoms with Crippen molar-refractivity contribution >= 4 is 6.08 Å². The Balaban J connectivity index is 3.27. The van der Waals surface area contributed by atoms with Crippen molar-refractivity contribution in [1.29, 1.82) is 0 Å². The first-order chi connectivity index (χ1) is 4.75. The van der Waals surface area contributed by atoms with E-state index >= 15 is 0 Å². The number of aromatic nitrogens is 1. The highest BCUT2D eigenvalue weighted by atomic mass is 19.1. The minimum absolute atomic E-state index is 0.232. The first kappa shape index (κ1) is 6.93. The van der Waals surface area contributed by atoms with Gasteiger partial charge in [-0.05, 0) is 19.1 Å². The number of pyridine rings is 1. The predicted molar refractivity (Wildman–Crippen MR) is 39.0 cm³/mol. The lowest BCUT2D eigenvalue weighted by molar-refractivity contribution is 0.615. The number of hydrogen-bond acceptors (Lipinski definition) is 1. The maximum atomic E-state index is 12.7. The lowest BCUT2D eigenvalue weighted by atomic mass is 10.2. The van der Waals surface area contributed by atoms with Gasteiger partial charge in [-0.25, -0.2) is 4.39 Å². The van der Waals surface area contributed by atoms with Crippen LogP contribution in [0.25, 0.3) is 6.08 Å². The average molecular weight is 137 g/mol. The zero-order valence-corrected chi connectivity index (χ0v) is 5.76. The Labute approximate surface area is 59.2 Å². The van der Waals surface area contributed by atoms with Crippen molar-refractivity contribution in [1.82, 2.24) is 4.98 Å². The number of rotatable bonds is 1. The zero-order valence-electron chi connectivity index (χ0n) is 5.76. The van der Waals surface area contributed by atoms with Gasteiger partial charge in [-0.2, -0.15) is 0 Å². The van der Waals surface area contributed by atoms with E-state index < -0.39 is 0 Å². The van der Waals surface area contributed by atoms with E-state index in [0.29, 0.717) is 11.3 Å². The third-order valence-corrected chi connectivity index (χ3v) is 1.37. The van der Waals surface area contributed by atoms with Crippen LogP contribution >= 0.6 is 0 Å². The largest absolute Gasteiger partial charge is 0.256 e. The summed E-state index contributed by atoms with van der Waals surface area (Å²) in [4.78, 5) is 3.90. The Bertz CT molecular complexity index is 255. The van der Waals surface area contributed by atoms with Crippen LogP contribution in [0, 0.1) is 12.7 Å². The van der Waals surface area contributed by atoms with Gasteiger partial charge in [0.1, 0.15) is 5.82 Å². The Morgan fingerprint density at radius 3 is 2.90 bits per heavy atom. The summed E-state index contributed by atoms with van der Waals surface area (Å²) in [5.41, 5.74) is 1.16. The lowest BCUT2D eigenvalue weighted by Crippen LogP contribution is -1.89. The Hall–Kier alpha value is -1.18. The first-order valence-corrected chi connectivity index (χ1v) is 2.99. The smallest absolute Gasteiger partial charge is 0.129 e. The Morgan fingerprint density at radius 1 is 1.70 bits per heavy atom. The maximum Gasteiger partial charge on any atom is 0.129 e. The second kappa shape index (κ2) is 2.60. The quantitative estimate of drug-likeness (QED) is 0.578.